The first kappa shape index (κ1) is 23.2. The van der Waals surface area contributed by atoms with Crippen molar-refractivity contribution in [2.75, 3.05) is 6.54 Å². The molecule has 1 saturated heterocycles. The van der Waals surface area contributed by atoms with E-state index in [9.17, 15) is 9.59 Å². The van der Waals surface area contributed by atoms with Crippen LogP contribution in [0.1, 0.15) is 79.5 Å². The molecule has 35 heavy (non-hydrogen) atoms. The molecular formula is C27H29FN4O3. The predicted molar refractivity (Wildman–Crippen MR) is 131 cm³/mol. The number of amides is 1. The van der Waals surface area contributed by atoms with Crippen molar-refractivity contribution in [2.24, 2.45) is 0 Å². The van der Waals surface area contributed by atoms with Gasteiger partial charge in [0.05, 0.1) is 5.69 Å². The summed E-state index contributed by atoms with van der Waals surface area (Å²) in [5, 5.41) is 13.6. The number of carbonyl (C=O) groups is 2. The molecule has 2 aromatic heterocycles. The van der Waals surface area contributed by atoms with E-state index < -0.39 is 11.8 Å². The highest BCUT2D eigenvalue weighted by Crippen LogP contribution is 2.37. The van der Waals surface area contributed by atoms with E-state index in [-0.39, 0.29) is 29.0 Å². The Hall–Kier alpha value is -3.55. The lowest BCUT2D eigenvalue weighted by Crippen LogP contribution is -2.38. The highest BCUT2D eigenvalue weighted by molar-refractivity contribution is 5.93. The van der Waals surface area contributed by atoms with E-state index >= 15 is 4.39 Å². The molecule has 1 atom stereocenters. The van der Waals surface area contributed by atoms with Crippen LogP contribution in [0, 0.1) is 5.82 Å². The van der Waals surface area contributed by atoms with Gasteiger partial charge < -0.3 is 10.0 Å². The summed E-state index contributed by atoms with van der Waals surface area (Å²) in [6.45, 7) is 2.83. The summed E-state index contributed by atoms with van der Waals surface area (Å²) in [5.74, 6) is -1.46. The maximum absolute atomic E-state index is 15.2. The van der Waals surface area contributed by atoms with Gasteiger partial charge in [0.2, 0.25) is 0 Å². The molecule has 1 saturated carbocycles. The van der Waals surface area contributed by atoms with Crippen LogP contribution >= 0.6 is 0 Å². The molecule has 1 aliphatic heterocycles. The van der Waals surface area contributed by atoms with Crippen molar-refractivity contribution in [2.45, 2.75) is 63.8 Å². The summed E-state index contributed by atoms with van der Waals surface area (Å²) in [4.78, 5) is 31.0. The second kappa shape index (κ2) is 9.60. The smallest absolute Gasteiger partial charge is 0.328 e. The SMILES string of the molecule is C[C@@H]1CCCCCN1C(=O)c1cc(C2CCC2)n2nc(-c3cccc(/C=C/C(=O)O)c3F)cc2n1. The van der Waals surface area contributed by atoms with Gasteiger partial charge in [0.15, 0.2) is 5.65 Å². The van der Waals surface area contributed by atoms with Crippen LogP contribution in [0.15, 0.2) is 36.4 Å². The minimum Gasteiger partial charge on any atom is -0.478 e. The van der Waals surface area contributed by atoms with E-state index in [2.05, 4.69) is 17.0 Å². The number of aliphatic carboxylic acids is 1. The maximum atomic E-state index is 15.2. The second-order valence-corrected chi connectivity index (χ2v) is 9.57. The second-order valence-electron chi connectivity index (χ2n) is 9.57. The number of carbonyl (C=O) groups excluding carboxylic acids is 1. The van der Waals surface area contributed by atoms with Gasteiger partial charge in [0.1, 0.15) is 11.5 Å². The highest BCUT2D eigenvalue weighted by Gasteiger charge is 2.29. The van der Waals surface area contributed by atoms with Crippen LogP contribution in [-0.2, 0) is 4.79 Å². The Kier molecular flexibility index (Phi) is 6.36. The molecule has 0 radical (unpaired) electrons. The third-order valence-electron chi connectivity index (χ3n) is 7.22. The number of benzene rings is 1. The van der Waals surface area contributed by atoms with E-state index in [1.807, 2.05) is 11.0 Å². The third kappa shape index (κ3) is 4.57. The summed E-state index contributed by atoms with van der Waals surface area (Å²) in [6, 6.07) is 8.55. The first-order chi connectivity index (χ1) is 16.9. The van der Waals surface area contributed by atoms with E-state index in [0.717, 1.165) is 63.3 Å². The fourth-order valence-electron chi connectivity index (χ4n) is 4.99. The summed E-state index contributed by atoms with van der Waals surface area (Å²) in [5.41, 5.74) is 2.69. The molecule has 182 valence electrons. The van der Waals surface area contributed by atoms with E-state index in [4.69, 9.17) is 5.11 Å². The number of halogens is 1. The van der Waals surface area contributed by atoms with Crippen LogP contribution < -0.4 is 0 Å². The Labute approximate surface area is 203 Å². The van der Waals surface area contributed by atoms with Crippen LogP contribution in [-0.4, -0.2) is 49.1 Å². The van der Waals surface area contributed by atoms with Gasteiger partial charge in [0.25, 0.3) is 5.91 Å². The van der Waals surface area contributed by atoms with E-state index in [1.165, 1.54) is 12.1 Å². The average Bonchev–Trinajstić information content (AvgIpc) is 3.11. The monoisotopic (exact) mass is 476 g/mol. The Morgan fingerprint density at radius 3 is 2.69 bits per heavy atom. The van der Waals surface area contributed by atoms with Gasteiger partial charge in [-0.3, -0.25) is 4.79 Å². The molecular weight excluding hydrogens is 447 g/mol. The van der Waals surface area contributed by atoms with Gasteiger partial charge in [0, 0.05) is 47.5 Å². The van der Waals surface area contributed by atoms with Gasteiger partial charge in [-0.15, -0.1) is 0 Å². The van der Waals surface area contributed by atoms with Crippen molar-refractivity contribution in [3.8, 4) is 11.3 Å². The molecule has 3 aromatic rings. The number of fused-ring (bicyclic) bond motifs is 1. The number of likely N-dealkylation sites (tertiary alicyclic amines) is 1. The van der Waals surface area contributed by atoms with Crippen LogP contribution in [0.2, 0.25) is 0 Å². The molecule has 0 unspecified atom stereocenters. The standard InChI is InChI=1S/C27H29FN4O3/c1-17-7-3-2-4-14-31(17)27(35)22-15-23(18-8-5-9-18)32-24(29-22)16-21(30-32)20-11-6-10-19(26(20)28)12-13-25(33)34/h6,10-13,15-18H,2-5,7-9,14H2,1H3,(H,33,34)/b13-12+/t17-/m1/s1. The summed E-state index contributed by atoms with van der Waals surface area (Å²) >= 11 is 0. The number of hydrogen-bond donors (Lipinski definition) is 1. The van der Waals surface area contributed by atoms with Gasteiger partial charge >= 0.3 is 5.97 Å². The van der Waals surface area contributed by atoms with Crippen molar-refractivity contribution >= 4 is 23.6 Å². The van der Waals surface area contributed by atoms with Gasteiger partial charge in [-0.2, -0.15) is 5.10 Å². The molecule has 8 heteroatoms. The van der Waals surface area contributed by atoms with E-state index in [0.29, 0.717) is 17.0 Å². The summed E-state index contributed by atoms with van der Waals surface area (Å²) < 4.78 is 17.0. The molecule has 2 aliphatic rings. The first-order valence-electron chi connectivity index (χ1n) is 12.3. The zero-order valence-corrected chi connectivity index (χ0v) is 19.8. The molecule has 3 heterocycles. The molecule has 0 spiro atoms. The van der Waals surface area contributed by atoms with Gasteiger partial charge in [-0.25, -0.2) is 18.7 Å². The average molecular weight is 477 g/mol. The number of carboxylic acid groups (broad SMARTS) is 1. The van der Waals surface area contributed by atoms with Gasteiger partial charge in [-0.05, 0) is 50.8 Å². The van der Waals surface area contributed by atoms with Crippen LogP contribution in [0.5, 0.6) is 0 Å². The fraction of sp³-hybridized carbons (Fsp3) is 0.407. The number of hydrogen-bond acceptors (Lipinski definition) is 4. The Morgan fingerprint density at radius 1 is 1.11 bits per heavy atom. The van der Waals surface area contributed by atoms with Crippen molar-refractivity contribution < 1.29 is 19.1 Å². The summed E-state index contributed by atoms with van der Waals surface area (Å²) in [6.07, 6.45) is 9.55. The normalized spacial score (nSPS) is 19.1. The Balaban J connectivity index is 1.58. The Bertz CT molecular complexity index is 1310. The largest absolute Gasteiger partial charge is 0.478 e. The molecule has 5 rings (SSSR count). The van der Waals surface area contributed by atoms with E-state index in [1.54, 1.807) is 22.7 Å². The van der Waals surface area contributed by atoms with Crippen molar-refractivity contribution in [1.29, 1.82) is 0 Å². The molecule has 1 aromatic carbocycles. The van der Waals surface area contributed by atoms with Crippen LogP contribution in [0.4, 0.5) is 4.39 Å². The predicted octanol–water partition coefficient (Wildman–Crippen LogP) is 5.31. The number of rotatable bonds is 5. The van der Waals surface area contributed by atoms with Crippen LogP contribution in [0.25, 0.3) is 23.0 Å². The zero-order valence-electron chi connectivity index (χ0n) is 19.8. The quantitative estimate of drug-likeness (QED) is 0.505. The number of aromatic nitrogens is 3. The molecule has 7 nitrogen and oxygen atoms in total. The topological polar surface area (TPSA) is 87.8 Å². The summed E-state index contributed by atoms with van der Waals surface area (Å²) in [7, 11) is 0. The minimum absolute atomic E-state index is 0.0581. The molecule has 1 N–H and O–H groups in total. The first-order valence-corrected chi connectivity index (χ1v) is 12.3. The number of nitrogens with zero attached hydrogens (tertiary/aromatic N) is 4. The van der Waals surface area contributed by atoms with Crippen molar-refractivity contribution in [3.05, 3.63) is 59.2 Å². The minimum atomic E-state index is -1.15. The lowest BCUT2D eigenvalue weighted by Gasteiger charge is -2.29. The van der Waals surface area contributed by atoms with Crippen molar-refractivity contribution in [1.82, 2.24) is 19.5 Å². The lowest BCUT2D eigenvalue weighted by molar-refractivity contribution is -0.131. The highest BCUT2D eigenvalue weighted by atomic mass is 19.1. The van der Waals surface area contributed by atoms with Crippen LogP contribution in [0.3, 0.4) is 0 Å². The third-order valence-corrected chi connectivity index (χ3v) is 7.22. The van der Waals surface area contributed by atoms with Crippen molar-refractivity contribution in [3.63, 3.8) is 0 Å². The molecule has 2 fully saturated rings. The zero-order chi connectivity index (χ0) is 24.5. The number of carboxylic acids is 1. The molecule has 0 bridgehead atoms. The lowest BCUT2D eigenvalue weighted by atomic mass is 9.82. The molecule has 1 amide bonds. The maximum Gasteiger partial charge on any atom is 0.328 e. The van der Waals surface area contributed by atoms with Gasteiger partial charge in [-0.1, -0.05) is 31.4 Å². The fourth-order valence-corrected chi connectivity index (χ4v) is 4.99. The molecule has 1 aliphatic carbocycles. The Morgan fingerprint density at radius 2 is 1.94 bits per heavy atom.